The summed E-state index contributed by atoms with van der Waals surface area (Å²) in [6.45, 7) is 9.73. The number of rotatable bonds is 8. The van der Waals surface area contributed by atoms with E-state index < -0.39 is 16.1 Å². The molecule has 0 saturated carbocycles. The molecule has 2 aromatic rings. The summed E-state index contributed by atoms with van der Waals surface area (Å²) in [4.78, 5) is 29.3. The normalized spacial score (nSPS) is 24.6. The van der Waals surface area contributed by atoms with Crippen LogP contribution in [0.4, 0.5) is 0 Å². The summed E-state index contributed by atoms with van der Waals surface area (Å²) in [7, 11) is -1.26. The Hall–Kier alpha value is -3.61. The zero-order valence-corrected chi connectivity index (χ0v) is 28.5. The summed E-state index contributed by atoms with van der Waals surface area (Å²) >= 11 is 0. The molecule has 12 heteroatoms. The van der Waals surface area contributed by atoms with Gasteiger partial charge in [-0.1, -0.05) is 38.8 Å². The number of benzene rings is 1. The Bertz CT molecular complexity index is 1680. The third-order valence-corrected chi connectivity index (χ3v) is 10.2. The van der Waals surface area contributed by atoms with Gasteiger partial charge in [-0.05, 0) is 62.5 Å². The molecule has 11 nitrogen and oxygen atoms in total. The molecule has 4 heterocycles. The van der Waals surface area contributed by atoms with Crippen molar-refractivity contribution in [2.75, 3.05) is 34.0 Å². The van der Waals surface area contributed by atoms with Crippen molar-refractivity contribution in [1.82, 2.24) is 18.5 Å². The second-order valence-electron chi connectivity index (χ2n) is 12.6. The number of allylic oxidation sites excluding steroid dienone is 3. The van der Waals surface area contributed by atoms with Crippen LogP contribution in [0.2, 0.25) is 0 Å². The molecule has 250 valence electrons. The third-order valence-electron chi connectivity index (χ3n) is 8.79. The number of ether oxygens (including phenoxy) is 3. The number of unbranched alkanes of at least 4 members (excludes halogenated alkanes) is 1. The number of hydrogen-bond donors (Lipinski definition) is 1. The Morgan fingerprint density at radius 2 is 1.76 bits per heavy atom. The van der Waals surface area contributed by atoms with Crippen LogP contribution in [0.5, 0.6) is 0 Å². The van der Waals surface area contributed by atoms with Gasteiger partial charge in [0.1, 0.15) is 0 Å². The van der Waals surface area contributed by atoms with Gasteiger partial charge >= 0.3 is 10.2 Å². The van der Waals surface area contributed by atoms with Crippen LogP contribution in [0.25, 0.3) is 10.9 Å². The molecule has 0 aliphatic carbocycles. The first-order valence-corrected chi connectivity index (χ1v) is 17.5. The third kappa shape index (κ3) is 7.19. The lowest BCUT2D eigenvalue weighted by atomic mass is 9.91. The lowest BCUT2D eigenvalue weighted by molar-refractivity contribution is -0.139. The monoisotopic (exact) mass is 654 g/mol. The first-order chi connectivity index (χ1) is 21.9. The second kappa shape index (κ2) is 14.0. The molecule has 3 aliphatic rings. The van der Waals surface area contributed by atoms with Crippen molar-refractivity contribution in [1.29, 1.82) is 0 Å². The molecule has 1 aromatic heterocycles. The predicted molar refractivity (Wildman–Crippen MR) is 176 cm³/mol. The predicted octanol–water partition coefficient (Wildman–Crippen LogP) is 4.75. The first-order valence-electron chi connectivity index (χ1n) is 16.1. The van der Waals surface area contributed by atoms with E-state index in [2.05, 4.69) is 23.1 Å². The number of hydrogen-bond acceptors (Lipinski definition) is 7. The van der Waals surface area contributed by atoms with Gasteiger partial charge in [0.25, 0.3) is 11.8 Å². The molecular formula is C34H46N4O7S. The molecule has 3 unspecified atom stereocenters. The van der Waals surface area contributed by atoms with Crippen molar-refractivity contribution in [3.63, 3.8) is 0 Å². The van der Waals surface area contributed by atoms with Gasteiger partial charge in [0.2, 0.25) is 6.79 Å². The Kier molecular flexibility index (Phi) is 10.3. The number of nitrogens with zero attached hydrogens (tertiary/aromatic N) is 3. The molecule has 1 aromatic carbocycles. The van der Waals surface area contributed by atoms with Crippen molar-refractivity contribution in [2.24, 2.45) is 0 Å². The molecule has 46 heavy (non-hydrogen) atoms. The Balaban J connectivity index is 1.68. The lowest BCUT2D eigenvalue weighted by Crippen LogP contribution is -2.49. The minimum absolute atomic E-state index is 0.0595. The maximum absolute atomic E-state index is 14.2. The van der Waals surface area contributed by atoms with Crippen molar-refractivity contribution >= 4 is 32.9 Å². The van der Waals surface area contributed by atoms with Crippen LogP contribution >= 0.6 is 0 Å². The van der Waals surface area contributed by atoms with E-state index in [-0.39, 0.29) is 42.9 Å². The van der Waals surface area contributed by atoms with Crippen LogP contribution in [0.15, 0.2) is 53.5 Å². The van der Waals surface area contributed by atoms with Crippen LogP contribution in [0.1, 0.15) is 80.9 Å². The topological polar surface area (TPSA) is 119 Å². The summed E-state index contributed by atoms with van der Waals surface area (Å²) in [5, 5.41) is 0.973. The van der Waals surface area contributed by atoms with E-state index >= 15 is 0 Å². The van der Waals surface area contributed by atoms with E-state index in [1.54, 1.807) is 12.1 Å². The summed E-state index contributed by atoms with van der Waals surface area (Å²) in [6, 6.07) is 5.31. The molecule has 0 spiro atoms. The van der Waals surface area contributed by atoms with Crippen LogP contribution in [0.3, 0.4) is 0 Å². The average Bonchev–Trinajstić information content (AvgIpc) is 3.57. The fourth-order valence-electron chi connectivity index (χ4n) is 6.49. The number of amides is 2. The molecule has 3 aliphatic heterocycles. The number of carbonyl (C=O) groups is 2. The highest BCUT2D eigenvalue weighted by molar-refractivity contribution is 7.87. The number of morpholine rings is 1. The van der Waals surface area contributed by atoms with Crippen LogP contribution in [0, 0.1) is 0 Å². The summed E-state index contributed by atoms with van der Waals surface area (Å²) in [5.74, 6) is 0.727. The number of aromatic nitrogens is 1. The van der Waals surface area contributed by atoms with Gasteiger partial charge in [0, 0.05) is 61.3 Å². The fourth-order valence-corrected chi connectivity index (χ4v) is 7.03. The van der Waals surface area contributed by atoms with Crippen molar-refractivity contribution in [3.8, 4) is 0 Å². The van der Waals surface area contributed by atoms with Gasteiger partial charge in [0.05, 0.1) is 18.8 Å². The van der Waals surface area contributed by atoms with Crippen LogP contribution < -0.4 is 4.72 Å². The number of fused-ring (bicyclic) bond motifs is 4. The SMILES string of the molecule is CCCCC(C)c1c2n(c3cc(C(=O)NS(=O)(=O)N(C)C)ccc13)C/C(C(=O)N1CC(C)OC(C)C1)=C\C/C=C1/OCO/C1=C/C2. The Morgan fingerprint density at radius 3 is 2.43 bits per heavy atom. The molecular weight excluding hydrogens is 608 g/mol. The molecule has 2 fully saturated rings. The summed E-state index contributed by atoms with van der Waals surface area (Å²) in [6.07, 6.45) is 9.81. The smallest absolute Gasteiger partial charge is 0.303 e. The van der Waals surface area contributed by atoms with Gasteiger partial charge in [-0.2, -0.15) is 12.7 Å². The molecule has 2 saturated heterocycles. The molecule has 0 bridgehead atoms. The highest BCUT2D eigenvalue weighted by Gasteiger charge is 2.30. The lowest BCUT2D eigenvalue weighted by Gasteiger charge is -2.36. The Labute approximate surface area is 272 Å². The van der Waals surface area contributed by atoms with Crippen LogP contribution in [-0.2, 0) is 42.2 Å². The summed E-state index contributed by atoms with van der Waals surface area (Å²) < 4.78 is 47.7. The highest BCUT2D eigenvalue weighted by atomic mass is 32.2. The van der Waals surface area contributed by atoms with Crippen molar-refractivity contribution < 1.29 is 32.2 Å². The van der Waals surface area contributed by atoms with Gasteiger partial charge in [-0.25, -0.2) is 4.72 Å². The molecule has 5 rings (SSSR count). The maximum Gasteiger partial charge on any atom is 0.303 e. The minimum atomic E-state index is -3.99. The standard InChI is InChI=1S/C34H46N4O7S/c1-7-8-10-22(2)32-27-14-13-25(33(39)35-46(41,42)36(5)6)17-29(27)38-20-26(34(40)37-18-23(3)45-24(4)19-37)11-9-12-30-31(44-21-43-30)16-15-28(32)38/h11-14,16-17,22-24H,7-10,15,18-21H2,1-6H3,(H,35,39)/b26-11+,30-12+,31-16+. The van der Waals surface area contributed by atoms with Crippen molar-refractivity contribution in [2.45, 2.75) is 84.5 Å². The number of nitrogens with one attached hydrogen (secondary N) is 1. The quantitative estimate of drug-likeness (QED) is 0.436. The van der Waals surface area contributed by atoms with E-state index in [4.69, 9.17) is 14.2 Å². The van der Waals surface area contributed by atoms with Gasteiger partial charge in [-0.15, -0.1) is 0 Å². The van der Waals surface area contributed by atoms with E-state index in [0.717, 1.165) is 45.7 Å². The van der Waals surface area contributed by atoms with Gasteiger partial charge in [0.15, 0.2) is 11.5 Å². The molecule has 0 radical (unpaired) electrons. The number of carbonyl (C=O) groups excluding carboxylic acids is 2. The first kappa shape index (κ1) is 33.7. The van der Waals surface area contributed by atoms with Gasteiger partial charge in [-0.3, -0.25) is 9.59 Å². The largest absolute Gasteiger partial charge is 0.454 e. The van der Waals surface area contributed by atoms with Crippen molar-refractivity contribution in [3.05, 3.63) is 70.3 Å². The summed E-state index contributed by atoms with van der Waals surface area (Å²) in [5.41, 5.74) is 3.76. The molecule has 3 atom stereocenters. The molecule has 2 amide bonds. The highest BCUT2D eigenvalue weighted by Crippen LogP contribution is 2.37. The van der Waals surface area contributed by atoms with E-state index in [1.807, 2.05) is 43.0 Å². The zero-order chi connectivity index (χ0) is 33.2. The van der Waals surface area contributed by atoms with E-state index in [9.17, 15) is 18.0 Å². The van der Waals surface area contributed by atoms with E-state index in [0.29, 0.717) is 43.0 Å². The molecule has 1 N–H and O–H groups in total. The second-order valence-corrected chi connectivity index (χ2v) is 14.5. The minimum Gasteiger partial charge on any atom is -0.454 e. The van der Waals surface area contributed by atoms with Gasteiger partial charge < -0.3 is 23.7 Å². The Morgan fingerprint density at radius 1 is 1.07 bits per heavy atom. The zero-order valence-electron chi connectivity index (χ0n) is 27.7. The maximum atomic E-state index is 14.2. The van der Waals surface area contributed by atoms with Crippen LogP contribution in [-0.4, -0.2) is 80.2 Å². The fraction of sp³-hybridized carbons (Fsp3) is 0.529. The van der Waals surface area contributed by atoms with E-state index in [1.165, 1.54) is 14.1 Å². The average molecular weight is 655 g/mol.